The molecule has 0 N–H and O–H groups in total. The molecule has 0 aromatic heterocycles. The van der Waals surface area contributed by atoms with Crippen LogP contribution in [-0.2, 0) is 0 Å². The van der Waals surface area contributed by atoms with Gasteiger partial charge in [0.05, 0.1) is 0 Å². The predicted octanol–water partition coefficient (Wildman–Crippen LogP) is 5.03. The Morgan fingerprint density at radius 2 is 1.74 bits per heavy atom. The smallest absolute Gasteiger partial charge is 0.165 e. The molecule has 1 aromatic rings. The van der Waals surface area contributed by atoms with Crippen molar-refractivity contribution in [3.63, 3.8) is 0 Å². The molecule has 1 heteroatoms. The minimum atomic E-state index is 0.250. The number of carbonyl (C=O) groups excluding carboxylic acids is 1. The Morgan fingerprint density at radius 3 is 2.26 bits per heavy atom. The Hall–Kier alpha value is -1.11. The van der Waals surface area contributed by atoms with Gasteiger partial charge in [-0.2, -0.15) is 0 Å². The lowest BCUT2D eigenvalue weighted by atomic mass is 9.69. The third-order valence-electron chi connectivity index (χ3n) is 4.63. The molecular formula is C18H26O. The molecule has 1 aliphatic carbocycles. The second-order valence-corrected chi connectivity index (χ2v) is 7.15. The van der Waals surface area contributed by atoms with Crippen molar-refractivity contribution in [1.29, 1.82) is 0 Å². The molecule has 104 valence electrons. The van der Waals surface area contributed by atoms with Crippen LogP contribution in [0.25, 0.3) is 0 Å². The minimum Gasteiger partial charge on any atom is -0.294 e. The number of aryl methyl sites for hydroxylation is 1. The van der Waals surface area contributed by atoms with E-state index in [4.69, 9.17) is 0 Å². The van der Waals surface area contributed by atoms with Crippen molar-refractivity contribution in [1.82, 2.24) is 0 Å². The number of carbonyl (C=O) groups is 1. The lowest BCUT2D eigenvalue weighted by Crippen LogP contribution is -2.28. The summed E-state index contributed by atoms with van der Waals surface area (Å²) in [7, 11) is 0. The van der Waals surface area contributed by atoms with Crippen LogP contribution >= 0.6 is 0 Å². The first-order valence-corrected chi connectivity index (χ1v) is 7.49. The molecule has 0 saturated heterocycles. The molecule has 0 unspecified atom stereocenters. The van der Waals surface area contributed by atoms with E-state index in [1.807, 2.05) is 31.2 Å². The zero-order chi connectivity index (χ0) is 14.0. The highest BCUT2D eigenvalue weighted by atomic mass is 16.1. The van der Waals surface area contributed by atoms with Gasteiger partial charge in [-0.1, -0.05) is 44.5 Å². The normalized spacial score (nSPS) is 24.2. The van der Waals surface area contributed by atoms with Crippen molar-refractivity contribution >= 4 is 5.78 Å². The fraction of sp³-hybridized carbons (Fsp3) is 0.611. The molecule has 1 aliphatic rings. The van der Waals surface area contributed by atoms with Crippen molar-refractivity contribution in [2.24, 2.45) is 17.3 Å². The molecule has 0 atom stereocenters. The number of ketones is 1. The number of rotatable bonds is 2. The number of hydrogen-bond acceptors (Lipinski definition) is 1. The van der Waals surface area contributed by atoms with Crippen LogP contribution in [0.5, 0.6) is 0 Å². The fourth-order valence-corrected chi connectivity index (χ4v) is 3.26. The van der Waals surface area contributed by atoms with Crippen LogP contribution in [0.2, 0.25) is 0 Å². The molecule has 1 aromatic carbocycles. The summed E-state index contributed by atoms with van der Waals surface area (Å²) in [6.07, 6.45) is 4.53. The summed E-state index contributed by atoms with van der Waals surface area (Å²) in [5.41, 5.74) is 2.46. The van der Waals surface area contributed by atoms with Crippen molar-refractivity contribution < 1.29 is 4.79 Å². The van der Waals surface area contributed by atoms with Crippen LogP contribution in [-0.4, -0.2) is 5.78 Å². The van der Waals surface area contributed by atoms with Crippen molar-refractivity contribution in [3.8, 4) is 0 Å². The third kappa shape index (κ3) is 3.46. The van der Waals surface area contributed by atoms with E-state index in [0.29, 0.717) is 11.2 Å². The second-order valence-electron chi connectivity index (χ2n) is 7.15. The molecule has 0 radical (unpaired) electrons. The first kappa shape index (κ1) is 14.3. The molecular weight excluding hydrogens is 232 g/mol. The number of hydrogen-bond donors (Lipinski definition) is 0. The summed E-state index contributed by atoms with van der Waals surface area (Å²) in [5, 5.41) is 0. The van der Waals surface area contributed by atoms with Crippen LogP contribution in [0.4, 0.5) is 0 Å². The Kier molecular flexibility index (Phi) is 4.13. The van der Waals surface area contributed by atoms with E-state index in [1.54, 1.807) is 0 Å². The van der Waals surface area contributed by atoms with E-state index in [9.17, 15) is 4.79 Å². The minimum absolute atomic E-state index is 0.250. The van der Waals surface area contributed by atoms with Crippen molar-refractivity contribution in [3.05, 3.63) is 35.4 Å². The fourth-order valence-electron chi connectivity index (χ4n) is 3.26. The van der Waals surface area contributed by atoms with Gasteiger partial charge in [0.15, 0.2) is 5.78 Å². The topological polar surface area (TPSA) is 17.1 Å². The van der Waals surface area contributed by atoms with Gasteiger partial charge in [0.1, 0.15) is 0 Å². The third-order valence-corrected chi connectivity index (χ3v) is 4.63. The van der Waals surface area contributed by atoms with E-state index in [-0.39, 0.29) is 5.92 Å². The molecule has 0 bridgehead atoms. The first-order valence-electron chi connectivity index (χ1n) is 7.49. The van der Waals surface area contributed by atoms with E-state index in [2.05, 4.69) is 20.8 Å². The Labute approximate surface area is 117 Å². The molecule has 0 aliphatic heterocycles. The van der Waals surface area contributed by atoms with E-state index < -0.39 is 0 Å². The SMILES string of the molecule is Cc1cccc(C(=O)C2CCC(C(C)(C)C)CC2)c1. The first-order chi connectivity index (χ1) is 8.88. The second kappa shape index (κ2) is 5.48. The quantitative estimate of drug-likeness (QED) is 0.680. The largest absolute Gasteiger partial charge is 0.294 e. The Bertz CT molecular complexity index is 445. The van der Waals surface area contributed by atoms with Crippen LogP contribution < -0.4 is 0 Å². The molecule has 19 heavy (non-hydrogen) atoms. The van der Waals surface area contributed by atoms with Crippen molar-refractivity contribution in [2.45, 2.75) is 53.4 Å². The van der Waals surface area contributed by atoms with Gasteiger partial charge in [-0.05, 0) is 50.0 Å². The molecule has 2 rings (SSSR count). The monoisotopic (exact) mass is 258 g/mol. The van der Waals surface area contributed by atoms with Crippen LogP contribution in [0.1, 0.15) is 62.4 Å². The average Bonchev–Trinajstić information content (AvgIpc) is 2.37. The van der Waals surface area contributed by atoms with Gasteiger partial charge in [-0.25, -0.2) is 0 Å². The van der Waals surface area contributed by atoms with E-state index in [0.717, 1.165) is 24.3 Å². The van der Waals surface area contributed by atoms with Gasteiger partial charge in [0.2, 0.25) is 0 Å². The standard InChI is InChI=1S/C18H26O/c1-13-6-5-7-15(12-13)17(19)14-8-10-16(11-9-14)18(2,3)4/h5-7,12,14,16H,8-11H2,1-4H3. The summed E-state index contributed by atoms with van der Waals surface area (Å²) in [6, 6.07) is 8.03. The van der Waals surface area contributed by atoms with Gasteiger partial charge in [0, 0.05) is 11.5 Å². The Balaban J connectivity index is 2.00. The summed E-state index contributed by atoms with van der Waals surface area (Å²) in [5.74, 6) is 1.38. The predicted molar refractivity (Wildman–Crippen MR) is 80.4 cm³/mol. The van der Waals surface area contributed by atoms with Gasteiger partial charge in [0.25, 0.3) is 0 Å². The van der Waals surface area contributed by atoms with Crippen LogP contribution in [0, 0.1) is 24.2 Å². The maximum Gasteiger partial charge on any atom is 0.165 e. The maximum absolute atomic E-state index is 12.5. The summed E-state index contributed by atoms with van der Waals surface area (Å²) in [4.78, 5) is 12.5. The summed E-state index contributed by atoms with van der Waals surface area (Å²) in [6.45, 7) is 9.01. The van der Waals surface area contributed by atoms with Gasteiger partial charge < -0.3 is 0 Å². The lowest BCUT2D eigenvalue weighted by Gasteiger charge is -2.36. The zero-order valence-corrected chi connectivity index (χ0v) is 12.7. The van der Waals surface area contributed by atoms with Crippen molar-refractivity contribution in [2.75, 3.05) is 0 Å². The summed E-state index contributed by atoms with van der Waals surface area (Å²) >= 11 is 0. The highest BCUT2D eigenvalue weighted by molar-refractivity contribution is 5.98. The van der Waals surface area contributed by atoms with Gasteiger partial charge in [-0.3, -0.25) is 4.79 Å². The molecule has 0 spiro atoms. The highest BCUT2D eigenvalue weighted by Gasteiger charge is 2.32. The van der Waals surface area contributed by atoms with Gasteiger partial charge in [-0.15, -0.1) is 0 Å². The molecule has 0 heterocycles. The average molecular weight is 258 g/mol. The molecule has 1 nitrogen and oxygen atoms in total. The van der Waals surface area contributed by atoms with E-state index >= 15 is 0 Å². The zero-order valence-electron chi connectivity index (χ0n) is 12.7. The molecule has 1 saturated carbocycles. The number of benzene rings is 1. The maximum atomic E-state index is 12.5. The number of Topliss-reactive ketones (excluding diaryl/α,β-unsaturated/α-hetero) is 1. The lowest BCUT2D eigenvalue weighted by molar-refractivity contribution is 0.0819. The van der Waals surface area contributed by atoms with E-state index in [1.165, 1.54) is 18.4 Å². The Morgan fingerprint density at radius 1 is 1.11 bits per heavy atom. The molecule has 0 amide bonds. The van der Waals surface area contributed by atoms with Crippen LogP contribution in [0.15, 0.2) is 24.3 Å². The molecule has 1 fully saturated rings. The highest BCUT2D eigenvalue weighted by Crippen LogP contribution is 2.40. The van der Waals surface area contributed by atoms with Crippen LogP contribution in [0.3, 0.4) is 0 Å². The van der Waals surface area contributed by atoms with Gasteiger partial charge >= 0.3 is 0 Å². The summed E-state index contributed by atoms with van der Waals surface area (Å²) < 4.78 is 0.